The van der Waals surface area contributed by atoms with E-state index >= 15 is 0 Å². The highest BCUT2D eigenvalue weighted by Crippen LogP contribution is 2.44. The third-order valence-electron chi connectivity index (χ3n) is 5.00. The van der Waals surface area contributed by atoms with Gasteiger partial charge in [0.25, 0.3) is 5.69 Å². The Balaban J connectivity index is 0.000000230. The van der Waals surface area contributed by atoms with Crippen molar-refractivity contribution >= 4 is 33.4 Å². The van der Waals surface area contributed by atoms with Gasteiger partial charge >= 0.3 is 24.2 Å². The van der Waals surface area contributed by atoms with E-state index in [9.17, 15) is 59.7 Å². The number of benzene rings is 2. The van der Waals surface area contributed by atoms with Crippen LogP contribution in [0.25, 0.3) is 22.1 Å². The highest BCUT2D eigenvalue weighted by molar-refractivity contribution is 5.94. The first kappa shape index (κ1) is 28.1. The Labute approximate surface area is 202 Å². The molecule has 4 rings (SSSR count). The van der Waals surface area contributed by atoms with Gasteiger partial charge in [-0.25, -0.2) is 9.97 Å². The molecule has 0 fully saturated rings. The minimum absolute atomic E-state index is 0.221. The Bertz CT molecular complexity index is 1530. The van der Waals surface area contributed by atoms with E-state index in [4.69, 9.17) is 0 Å². The molecule has 38 heavy (non-hydrogen) atoms. The number of hydrogen-bond acceptors (Lipinski definition) is 6. The molecule has 0 amide bonds. The highest BCUT2D eigenvalue weighted by Gasteiger charge is 2.45. The lowest BCUT2D eigenvalue weighted by atomic mass is 10.1. The van der Waals surface area contributed by atoms with Gasteiger partial charge in [0, 0.05) is 6.07 Å². The van der Waals surface area contributed by atoms with Crippen molar-refractivity contribution in [2.45, 2.75) is 32.4 Å². The quantitative estimate of drug-likeness (QED) is 0.161. The molecular weight excluding hydrogens is 547 g/mol. The van der Waals surface area contributed by atoms with Gasteiger partial charge in [-0.1, -0.05) is 12.1 Å². The molecule has 4 aromatic rings. The number of non-ortho nitro benzene ring substituents is 1. The van der Waals surface area contributed by atoms with Crippen LogP contribution in [0.15, 0.2) is 18.2 Å². The fourth-order valence-corrected chi connectivity index (χ4v) is 3.31. The van der Waals surface area contributed by atoms with Gasteiger partial charge in [-0.2, -0.15) is 39.5 Å². The van der Waals surface area contributed by atoms with Gasteiger partial charge in [-0.3, -0.25) is 20.2 Å². The number of nitro benzene ring substituents is 2. The van der Waals surface area contributed by atoms with Crippen molar-refractivity contribution in [3.8, 4) is 0 Å². The molecule has 0 aliphatic carbocycles. The van der Waals surface area contributed by atoms with Crippen LogP contribution in [0, 0.1) is 34.1 Å². The minimum atomic E-state index is -5.40. The van der Waals surface area contributed by atoms with Crippen LogP contribution in [0.2, 0.25) is 0 Å². The molecule has 19 heteroatoms. The average Bonchev–Trinajstić information content (AvgIpc) is 3.40. The number of imidazole rings is 2. The third-order valence-corrected chi connectivity index (χ3v) is 5.00. The number of alkyl halides is 9. The molecular formula is C19H11F9N6O4. The number of aromatic nitrogens is 4. The number of aromatic amines is 2. The van der Waals surface area contributed by atoms with Crippen LogP contribution >= 0.6 is 0 Å². The van der Waals surface area contributed by atoms with E-state index in [0.717, 1.165) is 11.1 Å². The summed E-state index contributed by atoms with van der Waals surface area (Å²) in [7, 11) is 0. The number of nitrogens with zero attached hydrogens (tertiary/aromatic N) is 4. The van der Waals surface area contributed by atoms with Crippen molar-refractivity contribution in [1.29, 1.82) is 0 Å². The van der Waals surface area contributed by atoms with E-state index in [0.29, 0.717) is 11.0 Å². The predicted octanol–water partition coefficient (Wildman–Crippen LogP) is 6.62. The normalized spacial score (nSPS) is 12.5. The maximum absolute atomic E-state index is 12.8. The van der Waals surface area contributed by atoms with Crippen molar-refractivity contribution in [3.05, 3.63) is 66.8 Å². The number of halogens is 9. The van der Waals surface area contributed by atoms with Crippen LogP contribution in [-0.2, 0) is 18.5 Å². The number of rotatable bonds is 2. The van der Waals surface area contributed by atoms with E-state index in [1.807, 2.05) is 0 Å². The molecule has 2 heterocycles. The summed E-state index contributed by atoms with van der Waals surface area (Å²) in [6, 6.07) is 3.32. The zero-order valence-corrected chi connectivity index (χ0v) is 18.6. The molecule has 0 saturated carbocycles. The first-order valence-electron chi connectivity index (χ1n) is 9.76. The van der Waals surface area contributed by atoms with Crippen molar-refractivity contribution in [2.75, 3.05) is 0 Å². The van der Waals surface area contributed by atoms with Gasteiger partial charge in [0.2, 0.25) is 11.6 Å². The van der Waals surface area contributed by atoms with Gasteiger partial charge in [0.15, 0.2) is 11.0 Å². The molecule has 0 saturated heterocycles. The van der Waals surface area contributed by atoms with Crippen LogP contribution < -0.4 is 0 Å². The second-order valence-corrected chi connectivity index (χ2v) is 7.62. The second kappa shape index (κ2) is 9.14. The summed E-state index contributed by atoms with van der Waals surface area (Å²) >= 11 is 0. The Morgan fingerprint density at radius 1 is 0.711 bits per heavy atom. The largest absolute Gasteiger partial charge is 0.449 e. The van der Waals surface area contributed by atoms with Crippen molar-refractivity contribution in [2.24, 2.45) is 0 Å². The number of hydrogen-bond donors (Lipinski definition) is 2. The monoisotopic (exact) mass is 558 g/mol. The lowest BCUT2D eigenvalue weighted by Crippen LogP contribution is -2.10. The first-order valence-corrected chi connectivity index (χ1v) is 9.76. The van der Waals surface area contributed by atoms with Crippen LogP contribution in [-0.4, -0.2) is 29.8 Å². The molecule has 0 unspecified atom stereocenters. The summed E-state index contributed by atoms with van der Waals surface area (Å²) < 4.78 is 113. The van der Waals surface area contributed by atoms with Gasteiger partial charge < -0.3 is 9.97 Å². The fourth-order valence-electron chi connectivity index (χ4n) is 3.31. The molecule has 2 N–H and O–H groups in total. The van der Waals surface area contributed by atoms with Crippen molar-refractivity contribution in [1.82, 2.24) is 19.9 Å². The van der Waals surface area contributed by atoms with E-state index in [1.54, 1.807) is 26.0 Å². The lowest BCUT2D eigenvalue weighted by molar-refractivity contribution is -0.389. The Hall–Kier alpha value is -4.45. The molecule has 0 aliphatic heterocycles. The van der Waals surface area contributed by atoms with Crippen molar-refractivity contribution in [3.63, 3.8) is 0 Å². The topological polar surface area (TPSA) is 144 Å². The summed E-state index contributed by atoms with van der Waals surface area (Å²) in [5.41, 5.74) is -5.44. The summed E-state index contributed by atoms with van der Waals surface area (Å²) in [5.74, 6) is -2.83. The van der Waals surface area contributed by atoms with Gasteiger partial charge in [0.1, 0.15) is 5.56 Å². The fraction of sp³-hybridized carbons (Fsp3) is 0.263. The second-order valence-electron chi connectivity index (χ2n) is 7.62. The zero-order chi connectivity index (χ0) is 29.0. The SMILES string of the molecule is Cc1ccc(C)c2[nH]c(C(F)(F)F)nc12.O=[N+]([O-])c1cc(C(F)(F)F)c([N+](=O)[O-])c2[nH]c(C(F)(F)F)nc12. The highest BCUT2D eigenvalue weighted by atomic mass is 19.4. The Morgan fingerprint density at radius 2 is 1.18 bits per heavy atom. The number of aryl methyl sites for hydroxylation is 2. The molecule has 0 spiro atoms. The maximum Gasteiger partial charge on any atom is 0.449 e. The lowest BCUT2D eigenvalue weighted by Gasteiger charge is -2.07. The molecule has 10 nitrogen and oxygen atoms in total. The van der Waals surface area contributed by atoms with E-state index in [2.05, 4.69) is 15.0 Å². The number of nitrogens with one attached hydrogen (secondary N) is 2. The van der Waals surface area contributed by atoms with Crippen molar-refractivity contribution < 1.29 is 49.4 Å². The molecule has 2 aromatic carbocycles. The van der Waals surface area contributed by atoms with Gasteiger partial charge in [0.05, 0.1) is 20.9 Å². The summed E-state index contributed by atoms with van der Waals surface area (Å²) in [5, 5.41) is 21.6. The van der Waals surface area contributed by atoms with Crippen LogP contribution in [0.4, 0.5) is 50.9 Å². The summed E-state index contributed by atoms with van der Waals surface area (Å²) in [6.07, 6.45) is -15.0. The number of H-pyrrole nitrogens is 2. The van der Waals surface area contributed by atoms with Gasteiger partial charge in [-0.05, 0) is 25.0 Å². The Kier molecular flexibility index (Phi) is 6.76. The molecule has 2 aromatic heterocycles. The zero-order valence-electron chi connectivity index (χ0n) is 18.6. The molecule has 0 atom stereocenters. The molecule has 0 bridgehead atoms. The smallest absolute Gasteiger partial charge is 0.334 e. The summed E-state index contributed by atoms with van der Waals surface area (Å²) in [6.45, 7) is 3.49. The standard InChI is InChI=1S/C10H9F3N2.C9H2F6N4O4/c1-5-3-4-6(2)8-7(5)14-9(15-8)10(11,12)13;10-8(11,12)2-1-3(18(20)21)4-5(6(2)19(22)23)17-7(16-4)9(13,14)15/h3-4H,1-2H3,(H,14,15);1H,(H,16,17). The number of fused-ring (bicyclic) bond motifs is 2. The molecule has 0 aliphatic rings. The van der Waals surface area contributed by atoms with E-state index in [-0.39, 0.29) is 6.07 Å². The molecule has 0 radical (unpaired) electrons. The van der Waals surface area contributed by atoms with E-state index < -0.39 is 68.0 Å². The van der Waals surface area contributed by atoms with Gasteiger partial charge in [-0.15, -0.1) is 0 Å². The predicted molar refractivity (Wildman–Crippen MR) is 110 cm³/mol. The average molecular weight is 558 g/mol. The minimum Gasteiger partial charge on any atom is -0.334 e. The Morgan fingerprint density at radius 3 is 1.61 bits per heavy atom. The summed E-state index contributed by atoms with van der Waals surface area (Å²) in [4.78, 5) is 28.6. The first-order chi connectivity index (χ1) is 17.2. The van der Waals surface area contributed by atoms with Crippen LogP contribution in [0.5, 0.6) is 0 Å². The third kappa shape index (κ3) is 5.30. The van der Waals surface area contributed by atoms with E-state index in [1.165, 1.54) is 4.98 Å². The molecule has 204 valence electrons. The van der Waals surface area contributed by atoms with Crippen LogP contribution in [0.1, 0.15) is 28.3 Å². The van der Waals surface area contributed by atoms with Crippen LogP contribution in [0.3, 0.4) is 0 Å². The number of nitro groups is 2. The maximum atomic E-state index is 12.8.